The van der Waals surface area contributed by atoms with Crippen molar-refractivity contribution in [2.45, 2.75) is 38.8 Å². The molecule has 0 aromatic heterocycles. The number of hydrogen-bond donors (Lipinski definition) is 2. The Morgan fingerprint density at radius 1 is 1.43 bits per heavy atom. The number of likely N-dealkylation sites (N-methyl/N-ethyl adjacent to an activating group) is 1. The monoisotopic (exact) mass is 340 g/mol. The minimum absolute atomic E-state index is 0.0231. The number of hydrogen-bond acceptors (Lipinski definition) is 4. The highest BCUT2D eigenvalue weighted by Crippen LogP contribution is 2.29. The molecular weight excluding hydrogens is 316 g/mol. The molecule has 1 fully saturated rings. The Hall–Kier alpha value is -1.44. The summed E-state index contributed by atoms with van der Waals surface area (Å²) in [5.74, 6) is -0.640. The molecule has 23 heavy (non-hydrogen) atoms. The maximum absolute atomic E-state index is 11.8. The average Bonchev–Trinajstić information content (AvgIpc) is 2.65. The van der Waals surface area contributed by atoms with Gasteiger partial charge in [0.15, 0.2) is 0 Å². The topological polar surface area (TPSA) is 86.7 Å². The van der Waals surface area contributed by atoms with Crippen LogP contribution in [0.25, 0.3) is 0 Å². The lowest BCUT2D eigenvalue weighted by atomic mass is 9.98. The first-order valence-electron chi connectivity index (χ1n) is 7.62. The predicted octanol–water partition coefficient (Wildman–Crippen LogP) is 1.14. The number of aryl methyl sites for hydroxylation is 1. The lowest BCUT2D eigenvalue weighted by Crippen LogP contribution is -2.47. The van der Waals surface area contributed by atoms with Gasteiger partial charge in [-0.1, -0.05) is 18.2 Å². The van der Waals surface area contributed by atoms with E-state index >= 15 is 0 Å². The van der Waals surface area contributed by atoms with Crippen LogP contribution < -0.4 is 5.32 Å². The fraction of sp³-hybridized carbons (Fsp3) is 0.562. The second-order valence-corrected chi connectivity index (χ2v) is 8.59. The summed E-state index contributed by atoms with van der Waals surface area (Å²) in [4.78, 5) is 10.7. The first-order chi connectivity index (χ1) is 10.6. The lowest BCUT2D eigenvalue weighted by molar-refractivity contribution is -0.136. The zero-order valence-corrected chi connectivity index (χ0v) is 14.6. The van der Waals surface area contributed by atoms with E-state index in [4.69, 9.17) is 5.11 Å². The number of benzene rings is 1. The second-order valence-electron chi connectivity index (χ2n) is 6.47. The van der Waals surface area contributed by atoms with Crippen LogP contribution >= 0.6 is 0 Å². The molecule has 1 saturated heterocycles. The number of nitrogens with one attached hydrogen (secondary N) is 1. The molecule has 0 aliphatic carbocycles. The Balaban J connectivity index is 1.95. The standard InChI is InChI=1S/C16H24N2O4S/c1-12-8-13(9-15(19)20)4-5-14(12)10-17-11-16(2)6-7-23(21,22)18(16)3/h4-5,8,17H,6-7,9-11H2,1-3H3,(H,19,20). The number of sulfonamides is 1. The maximum atomic E-state index is 11.8. The van der Waals surface area contributed by atoms with Crippen LogP contribution in [-0.4, -0.2) is 48.7 Å². The summed E-state index contributed by atoms with van der Waals surface area (Å²) in [6.07, 6.45) is 0.643. The number of nitrogens with zero attached hydrogens (tertiary/aromatic N) is 1. The first-order valence-corrected chi connectivity index (χ1v) is 9.23. The fourth-order valence-corrected chi connectivity index (χ4v) is 4.69. The van der Waals surface area contributed by atoms with E-state index < -0.39 is 21.5 Å². The molecule has 1 aromatic rings. The van der Waals surface area contributed by atoms with Crippen LogP contribution in [0.3, 0.4) is 0 Å². The summed E-state index contributed by atoms with van der Waals surface area (Å²) in [5.41, 5.74) is 2.52. The van der Waals surface area contributed by atoms with Crippen LogP contribution in [0.15, 0.2) is 18.2 Å². The van der Waals surface area contributed by atoms with E-state index in [1.165, 1.54) is 4.31 Å². The highest BCUT2D eigenvalue weighted by atomic mass is 32.2. The third kappa shape index (κ3) is 4.10. The van der Waals surface area contributed by atoms with Crippen molar-refractivity contribution in [3.05, 3.63) is 34.9 Å². The van der Waals surface area contributed by atoms with Gasteiger partial charge < -0.3 is 10.4 Å². The number of carboxylic acids is 1. The zero-order chi connectivity index (χ0) is 17.3. The molecule has 1 atom stereocenters. The molecule has 6 nitrogen and oxygen atoms in total. The second kappa shape index (κ2) is 6.59. The Labute approximate surface area is 137 Å². The van der Waals surface area contributed by atoms with Crippen molar-refractivity contribution in [2.24, 2.45) is 0 Å². The van der Waals surface area contributed by atoms with Crippen molar-refractivity contribution in [1.29, 1.82) is 0 Å². The molecule has 0 bridgehead atoms. The summed E-state index contributed by atoms with van der Waals surface area (Å²) in [6.45, 7) is 5.12. The number of rotatable bonds is 6. The molecule has 1 aliphatic heterocycles. The van der Waals surface area contributed by atoms with Gasteiger partial charge in [0.1, 0.15) is 0 Å². The molecule has 1 aliphatic rings. The third-order valence-electron chi connectivity index (χ3n) is 4.66. The van der Waals surface area contributed by atoms with Crippen molar-refractivity contribution in [3.8, 4) is 0 Å². The molecule has 7 heteroatoms. The van der Waals surface area contributed by atoms with E-state index in [0.717, 1.165) is 16.7 Å². The molecule has 1 aromatic carbocycles. The highest BCUT2D eigenvalue weighted by molar-refractivity contribution is 7.89. The van der Waals surface area contributed by atoms with Crippen molar-refractivity contribution in [3.63, 3.8) is 0 Å². The van der Waals surface area contributed by atoms with E-state index in [9.17, 15) is 13.2 Å². The Morgan fingerprint density at radius 3 is 2.65 bits per heavy atom. The van der Waals surface area contributed by atoms with Crippen molar-refractivity contribution >= 4 is 16.0 Å². The molecule has 0 radical (unpaired) electrons. The summed E-state index contributed by atoms with van der Waals surface area (Å²) < 4.78 is 25.1. The van der Waals surface area contributed by atoms with Gasteiger partial charge in [0.25, 0.3) is 0 Å². The van der Waals surface area contributed by atoms with Gasteiger partial charge in [0.2, 0.25) is 10.0 Å². The molecule has 2 N–H and O–H groups in total. The van der Waals surface area contributed by atoms with Gasteiger partial charge in [0.05, 0.1) is 12.2 Å². The molecule has 0 spiro atoms. The zero-order valence-electron chi connectivity index (χ0n) is 13.8. The van der Waals surface area contributed by atoms with Gasteiger partial charge in [-0.15, -0.1) is 0 Å². The molecule has 128 valence electrons. The van der Waals surface area contributed by atoms with Crippen LogP contribution in [0.4, 0.5) is 0 Å². The van der Waals surface area contributed by atoms with Gasteiger partial charge in [-0.3, -0.25) is 4.79 Å². The van der Waals surface area contributed by atoms with Gasteiger partial charge in [-0.2, -0.15) is 4.31 Å². The fourth-order valence-electron chi connectivity index (χ4n) is 2.89. The van der Waals surface area contributed by atoms with E-state index in [-0.39, 0.29) is 12.2 Å². The Bertz CT molecular complexity index is 702. The van der Waals surface area contributed by atoms with Gasteiger partial charge in [0, 0.05) is 25.7 Å². The van der Waals surface area contributed by atoms with E-state index in [1.54, 1.807) is 7.05 Å². The van der Waals surface area contributed by atoms with Crippen LogP contribution in [0.2, 0.25) is 0 Å². The molecular formula is C16H24N2O4S. The molecule has 1 heterocycles. The van der Waals surface area contributed by atoms with Crippen molar-refractivity contribution in [1.82, 2.24) is 9.62 Å². The van der Waals surface area contributed by atoms with Crippen LogP contribution in [0.1, 0.15) is 30.0 Å². The van der Waals surface area contributed by atoms with Crippen LogP contribution in [-0.2, 0) is 27.8 Å². The van der Waals surface area contributed by atoms with Crippen LogP contribution in [0.5, 0.6) is 0 Å². The quantitative estimate of drug-likeness (QED) is 0.811. The molecule has 2 rings (SSSR count). The SMILES string of the molecule is Cc1cc(CC(=O)O)ccc1CNCC1(C)CCS(=O)(=O)N1C. The Morgan fingerprint density at radius 2 is 2.13 bits per heavy atom. The predicted molar refractivity (Wildman–Crippen MR) is 88.8 cm³/mol. The van der Waals surface area contributed by atoms with Crippen LogP contribution in [0, 0.1) is 6.92 Å². The summed E-state index contributed by atoms with van der Waals surface area (Å²) in [5, 5.41) is 12.2. The van der Waals surface area contributed by atoms with Crippen molar-refractivity contribution < 1.29 is 18.3 Å². The summed E-state index contributed by atoms with van der Waals surface area (Å²) in [7, 11) is -1.48. The van der Waals surface area contributed by atoms with Gasteiger partial charge in [-0.25, -0.2) is 8.42 Å². The van der Waals surface area contributed by atoms with Gasteiger partial charge in [-0.05, 0) is 37.0 Å². The normalized spacial score (nSPS) is 24.0. The van der Waals surface area contributed by atoms with Gasteiger partial charge >= 0.3 is 5.97 Å². The van der Waals surface area contributed by atoms with E-state index in [0.29, 0.717) is 19.5 Å². The smallest absolute Gasteiger partial charge is 0.307 e. The van der Waals surface area contributed by atoms with E-state index in [1.807, 2.05) is 32.0 Å². The van der Waals surface area contributed by atoms with Crippen molar-refractivity contribution in [2.75, 3.05) is 19.3 Å². The number of carbonyl (C=O) groups is 1. The highest BCUT2D eigenvalue weighted by Gasteiger charge is 2.43. The average molecular weight is 340 g/mol. The summed E-state index contributed by atoms with van der Waals surface area (Å²) in [6, 6.07) is 5.64. The minimum atomic E-state index is -3.12. The molecule has 0 saturated carbocycles. The largest absolute Gasteiger partial charge is 0.481 e. The van der Waals surface area contributed by atoms with E-state index in [2.05, 4.69) is 5.32 Å². The molecule has 0 amide bonds. The number of carboxylic acid groups (broad SMARTS) is 1. The first kappa shape index (κ1) is 17.9. The Kier molecular flexibility index (Phi) is 5.13. The summed E-state index contributed by atoms with van der Waals surface area (Å²) >= 11 is 0. The maximum Gasteiger partial charge on any atom is 0.307 e. The minimum Gasteiger partial charge on any atom is -0.481 e. The number of aliphatic carboxylic acids is 1. The lowest BCUT2D eigenvalue weighted by Gasteiger charge is -2.30. The third-order valence-corrected chi connectivity index (χ3v) is 6.66. The molecule has 1 unspecified atom stereocenters.